The number of rotatable bonds is 6. The number of amides is 1. The normalized spacial score (nSPS) is 10.4. The van der Waals surface area contributed by atoms with Crippen molar-refractivity contribution in [3.05, 3.63) is 86.5 Å². The van der Waals surface area contributed by atoms with E-state index >= 15 is 0 Å². The minimum Gasteiger partial charge on any atom is -0.468 e. The van der Waals surface area contributed by atoms with Crippen molar-refractivity contribution in [3.63, 3.8) is 0 Å². The number of nitro groups is 2. The van der Waals surface area contributed by atoms with E-state index < -0.39 is 39.6 Å². The number of nitro benzene ring substituents is 2. The summed E-state index contributed by atoms with van der Waals surface area (Å²) in [5.74, 6) is -1.54. The Bertz CT molecular complexity index is 1140. The van der Waals surface area contributed by atoms with Crippen molar-refractivity contribution in [1.29, 1.82) is 0 Å². The molecule has 0 N–H and O–H groups in total. The largest absolute Gasteiger partial charge is 0.468 e. The number of methoxy groups -OCH3 is 1. The van der Waals surface area contributed by atoms with E-state index in [9.17, 15) is 29.8 Å². The summed E-state index contributed by atoms with van der Waals surface area (Å²) >= 11 is 0. The lowest BCUT2D eigenvalue weighted by Crippen LogP contribution is -2.36. The van der Waals surface area contributed by atoms with Crippen LogP contribution < -0.4 is 4.90 Å². The van der Waals surface area contributed by atoms with Gasteiger partial charge >= 0.3 is 5.97 Å². The van der Waals surface area contributed by atoms with Crippen LogP contribution >= 0.6 is 0 Å². The van der Waals surface area contributed by atoms with Gasteiger partial charge in [0.05, 0.1) is 34.3 Å². The maximum absolute atomic E-state index is 13.3. The maximum Gasteiger partial charge on any atom is 0.325 e. The van der Waals surface area contributed by atoms with Crippen molar-refractivity contribution < 1.29 is 24.2 Å². The van der Waals surface area contributed by atoms with Crippen molar-refractivity contribution in [1.82, 2.24) is 0 Å². The maximum atomic E-state index is 13.3. The van der Waals surface area contributed by atoms with E-state index in [1.807, 2.05) is 18.2 Å². The molecule has 0 spiro atoms. The number of anilines is 1. The molecule has 0 unspecified atom stereocenters. The van der Waals surface area contributed by atoms with Gasteiger partial charge < -0.3 is 4.74 Å². The van der Waals surface area contributed by atoms with E-state index in [1.54, 1.807) is 24.3 Å². The van der Waals surface area contributed by atoms with E-state index in [0.29, 0.717) is 11.1 Å². The zero-order valence-electron chi connectivity index (χ0n) is 15.7. The Kier molecular flexibility index (Phi) is 5.68. The molecular formula is C20H15N3O7. The molecule has 30 heavy (non-hydrogen) atoms. The molecule has 1 amide bonds. The molecule has 10 nitrogen and oxygen atoms in total. The molecule has 0 bridgehead atoms. The third kappa shape index (κ3) is 4.07. The molecule has 152 valence electrons. The third-order valence-electron chi connectivity index (χ3n) is 4.39. The molecule has 0 saturated heterocycles. The minimum atomic E-state index is -0.827. The summed E-state index contributed by atoms with van der Waals surface area (Å²) in [5, 5.41) is 23.8. The van der Waals surface area contributed by atoms with E-state index in [0.717, 1.165) is 35.6 Å². The predicted octanol–water partition coefficient (Wildman–Crippen LogP) is 3.48. The quantitative estimate of drug-likeness (QED) is 0.346. The van der Waals surface area contributed by atoms with Gasteiger partial charge in [-0.3, -0.25) is 34.7 Å². The van der Waals surface area contributed by atoms with Gasteiger partial charge in [0.1, 0.15) is 6.54 Å². The number of non-ortho nitro benzene ring substituents is 2. The fourth-order valence-corrected chi connectivity index (χ4v) is 2.99. The van der Waals surface area contributed by atoms with Gasteiger partial charge in [0.25, 0.3) is 17.3 Å². The van der Waals surface area contributed by atoms with E-state index in [2.05, 4.69) is 4.74 Å². The number of fused-ring (bicyclic) bond motifs is 1. The first-order valence-corrected chi connectivity index (χ1v) is 8.62. The first-order chi connectivity index (χ1) is 14.3. The van der Waals surface area contributed by atoms with Crippen molar-refractivity contribution in [2.24, 2.45) is 0 Å². The smallest absolute Gasteiger partial charge is 0.325 e. The lowest BCUT2D eigenvalue weighted by Gasteiger charge is -2.23. The Morgan fingerprint density at radius 1 is 0.933 bits per heavy atom. The Balaban J connectivity index is 2.18. The van der Waals surface area contributed by atoms with E-state index in [-0.39, 0.29) is 5.56 Å². The van der Waals surface area contributed by atoms with Crippen molar-refractivity contribution in [2.45, 2.75) is 0 Å². The molecule has 3 aromatic carbocycles. The zero-order valence-corrected chi connectivity index (χ0v) is 15.7. The summed E-state index contributed by atoms with van der Waals surface area (Å²) in [5.41, 5.74) is -1.16. The molecule has 0 radical (unpaired) electrons. The molecule has 0 saturated carbocycles. The lowest BCUT2D eigenvalue weighted by molar-refractivity contribution is -0.394. The number of hydrogen-bond acceptors (Lipinski definition) is 7. The van der Waals surface area contributed by atoms with Gasteiger partial charge in [0.15, 0.2) is 0 Å². The fraction of sp³-hybridized carbons (Fsp3) is 0.100. The SMILES string of the molecule is COC(=O)CN(C(=O)c1cc([N+](=O)[O-])cc([N+](=O)[O-])c1)c1cccc2ccccc12. The number of carbonyl (C=O) groups is 2. The lowest BCUT2D eigenvalue weighted by atomic mass is 10.1. The highest BCUT2D eigenvalue weighted by atomic mass is 16.6. The van der Waals surface area contributed by atoms with Crippen molar-refractivity contribution in [2.75, 3.05) is 18.6 Å². The second-order valence-corrected chi connectivity index (χ2v) is 6.22. The predicted molar refractivity (Wildman–Crippen MR) is 107 cm³/mol. The number of esters is 1. The molecule has 0 aliphatic carbocycles. The second-order valence-electron chi connectivity index (χ2n) is 6.22. The Morgan fingerprint density at radius 2 is 1.53 bits per heavy atom. The van der Waals surface area contributed by atoms with Crippen LogP contribution in [0.15, 0.2) is 60.7 Å². The summed E-state index contributed by atoms with van der Waals surface area (Å²) in [6.45, 7) is -0.486. The highest BCUT2D eigenvalue weighted by Crippen LogP contribution is 2.30. The molecule has 0 aliphatic heterocycles. The average Bonchev–Trinajstić information content (AvgIpc) is 2.76. The first kappa shape index (κ1) is 20.4. The van der Waals surface area contributed by atoms with Crippen LogP contribution in [0.4, 0.5) is 17.1 Å². The molecular weight excluding hydrogens is 394 g/mol. The number of benzene rings is 3. The number of carbonyl (C=O) groups excluding carboxylic acids is 2. The molecule has 3 rings (SSSR count). The molecule has 0 aliphatic rings. The summed E-state index contributed by atoms with van der Waals surface area (Å²) < 4.78 is 4.67. The average molecular weight is 409 g/mol. The van der Waals surface area contributed by atoms with Crippen LogP contribution in [0.25, 0.3) is 10.8 Å². The van der Waals surface area contributed by atoms with Gasteiger partial charge in [-0.25, -0.2) is 0 Å². The van der Waals surface area contributed by atoms with Gasteiger partial charge in [0, 0.05) is 17.5 Å². The van der Waals surface area contributed by atoms with Gasteiger partial charge in [-0.15, -0.1) is 0 Å². The number of nitrogens with zero attached hydrogens (tertiary/aromatic N) is 3. The van der Waals surface area contributed by atoms with Crippen molar-refractivity contribution in [3.8, 4) is 0 Å². The summed E-state index contributed by atoms with van der Waals surface area (Å²) in [4.78, 5) is 47.0. The van der Waals surface area contributed by atoms with Crippen LogP contribution in [-0.4, -0.2) is 35.4 Å². The summed E-state index contributed by atoms with van der Waals surface area (Å²) in [6.07, 6.45) is 0. The molecule has 3 aromatic rings. The van der Waals surface area contributed by atoms with Crippen LogP contribution in [0.1, 0.15) is 10.4 Å². The Labute approximate surface area is 169 Å². The summed E-state index contributed by atoms with van der Waals surface area (Å²) in [7, 11) is 1.16. The topological polar surface area (TPSA) is 133 Å². The molecule has 0 fully saturated rings. The minimum absolute atomic E-state index is 0.298. The van der Waals surface area contributed by atoms with Crippen LogP contribution in [0, 0.1) is 20.2 Å². The second kappa shape index (κ2) is 8.35. The van der Waals surface area contributed by atoms with Crippen LogP contribution in [0.3, 0.4) is 0 Å². The summed E-state index contributed by atoms with van der Waals surface area (Å²) in [6, 6.07) is 14.9. The van der Waals surface area contributed by atoms with Crippen molar-refractivity contribution >= 4 is 39.7 Å². The molecule has 0 atom stereocenters. The van der Waals surface area contributed by atoms with Crippen LogP contribution in [0.5, 0.6) is 0 Å². The Hall–Kier alpha value is -4.34. The van der Waals surface area contributed by atoms with Gasteiger partial charge in [-0.2, -0.15) is 0 Å². The first-order valence-electron chi connectivity index (χ1n) is 8.62. The van der Waals surface area contributed by atoms with E-state index in [1.165, 1.54) is 0 Å². The highest BCUT2D eigenvalue weighted by Gasteiger charge is 2.27. The number of hydrogen-bond donors (Lipinski definition) is 0. The third-order valence-corrected chi connectivity index (χ3v) is 4.39. The fourth-order valence-electron chi connectivity index (χ4n) is 2.99. The molecule has 0 heterocycles. The van der Waals surface area contributed by atoms with Gasteiger partial charge in [0.2, 0.25) is 0 Å². The van der Waals surface area contributed by atoms with Gasteiger partial charge in [-0.1, -0.05) is 36.4 Å². The molecule has 0 aromatic heterocycles. The Morgan fingerprint density at radius 3 is 2.13 bits per heavy atom. The molecule has 10 heteroatoms. The van der Waals surface area contributed by atoms with Crippen LogP contribution in [-0.2, 0) is 9.53 Å². The monoisotopic (exact) mass is 409 g/mol. The zero-order chi connectivity index (χ0) is 21.8. The standard InChI is InChI=1S/C20H15N3O7/c1-30-19(24)12-21(18-8-4-6-13-5-2-3-7-17(13)18)20(25)14-9-15(22(26)27)11-16(10-14)23(28)29/h2-11H,12H2,1H3. The van der Waals surface area contributed by atoms with E-state index in [4.69, 9.17) is 0 Å². The number of ether oxygens (including phenoxy) is 1. The van der Waals surface area contributed by atoms with Gasteiger partial charge in [-0.05, 0) is 11.5 Å². The van der Waals surface area contributed by atoms with Crippen LogP contribution in [0.2, 0.25) is 0 Å². The highest BCUT2D eigenvalue weighted by molar-refractivity contribution is 6.13.